The Bertz CT molecular complexity index is 726. The molecule has 0 fully saturated rings. The second-order valence-electron chi connectivity index (χ2n) is 7.90. The number of hydrogen-bond acceptors (Lipinski definition) is 5. The zero-order chi connectivity index (χ0) is 20.0. The summed E-state index contributed by atoms with van der Waals surface area (Å²) in [6, 6.07) is 3.25. The highest BCUT2D eigenvalue weighted by molar-refractivity contribution is 5.79. The van der Waals surface area contributed by atoms with Gasteiger partial charge in [0.2, 0.25) is 5.91 Å². The Morgan fingerprint density at radius 2 is 1.89 bits per heavy atom. The first-order valence-electron chi connectivity index (χ1n) is 9.43. The molecule has 2 aromatic heterocycles. The van der Waals surface area contributed by atoms with E-state index in [1.807, 2.05) is 19.9 Å². The fourth-order valence-corrected chi connectivity index (χ4v) is 2.91. The van der Waals surface area contributed by atoms with Crippen LogP contribution in [0.5, 0.6) is 0 Å². The predicted molar refractivity (Wildman–Crippen MR) is 105 cm³/mol. The Balaban J connectivity index is 2.12. The third-order valence-electron chi connectivity index (χ3n) is 4.49. The molecule has 1 amide bonds. The molecule has 2 atom stereocenters. The van der Waals surface area contributed by atoms with Gasteiger partial charge in [0, 0.05) is 42.3 Å². The van der Waals surface area contributed by atoms with Gasteiger partial charge in [-0.05, 0) is 25.0 Å². The average molecular weight is 370 g/mol. The number of aromatic nitrogens is 3. The van der Waals surface area contributed by atoms with Crippen LogP contribution in [0.25, 0.3) is 0 Å². The van der Waals surface area contributed by atoms with Crippen LogP contribution in [0, 0.1) is 0 Å². The normalized spacial score (nSPS) is 13.9. The van der Waals surface area contributed by atoms with Crippen molar-refractivity contribution in [3.63, 3.8) is 0 Å². The van der Waals surface area contributed by atoms with E-state index in [2.05, 4.69) is 35.7 Å². The molecule has 2 heterocycles. The van der Waals surface area contributed by atoms with Crippen LogP contribution in [0.3, 0.4) is 0 Å². The summed E-state index contributed by atoms with van der Waals surface area (Å²) in [4.78, 5) is 27.5. The van der Waals surface area contributed by atoms with E-state index in [0.717, 1.165) is 17.8 Å². The van der Waals surface area contributed by atoms with Gasteiger partial charge in [0.25, 0.3) is 0 Å². The van der Waals surface area contributed by atoms with E-state index in [4.69, 9.17) is 0 Å². The molecule has 6 nitrogen and oxygen atoms in total. The molecule has 0 spiro atoms. The molecule has 27 heavy (non-hydrogen) atoms. The van der Waals surface area contributed by atoms with Crippen molar-refractivity contribution in [3.05, 3.63) is 53.9 Å². The molecule has 6 heteroatoms. The van der Waals surface area contributed by atoms with E-state index in [-0.39, 0.29) is 23.8 Å². The predicted octanol–water partition coefficient (Wildman–Crippen LogP) is 3.07. The monoisotopic (exact) mass is 370 g/mol. The lowest BCUT2D eigenvalue weighted by Gasteiger charge is -2.32. The quantitative estimate of drug-likeness (QED) is 0.810. The Kier molecular flexibility index (Phi) is 7.02. The molecule has 0 aliphatic rings. The van der Waals surface area contributed by atoms with E-state index < -0.39 is 6.10 Å². The number of aliphatic hydroxyl groups is 1. The van der Waals surface area contributed by atoms with Crippen LogP contribution in [0.4, 0.5) is 0 Å². The maximum atomic E-state index is 12.9. The first kappa shape index (κ1) is 21.0. The van der Waals surface area contributed by atoms with Gasteiger partial charge in [-0.1, -0.05) is 33.8 Å². The highest BCUT2D eigenvalue weighted by Gasteiger charge is 2.27. The summed E-state index contributed by atoms with van der Waals surface area (Å²) in [7, 11) is 0. The molecule has 0 radical (unpaired) electrons. The molecule has 1 unspecified atom stereocenters. The number of pyridine rings is 1. The smallest absolute Gasteiger partial charge is 0.227 e. The number of hydrogen-bond donors (Lipinski definition) is 1. The van der Waals surface area contributed by atoms with E-state index in [1.165, 1.54) is 0 Å². The average Bonchev–Trinajstić information content (AvgIpc) is 2.65. The van der Waals surface area contributed by atoms with E-state index in [0.29, 0.717) is 12.1 Å². The van der Waals surface area contributed by atoms with Crippen molar-refractivity contribution in [2.75, 3.05) is 6.54 Å². The summed E-state index contributed by atoms with van der Waals surface area (Å²) in [5, 5.41) is 10.7. The van der Waals surface area contributed by atoms with Gasteiger partial charge >= 0.3 is 0 Å². The summed E-state index contributed by atoms with van der Waals surface area (Å²) < 4.78 is 0. The van der Waals surface area contributed by atoms with Crippen molar-refractivity contribution in [1.82, 2.24) is 19.9 Å². The van der Waals surface area contributed by atoms with Gasteiger partial charge in [-0.3, -0.25) is 9.78 Å². The third kappa shape index (κ3) is 5.57. The molecule has 0 bridgehead atoms. The van der Waals surface area contributed by atoms with Crippen LogP contribution in [-0.4, -0.2) is 43.5 Å². The first-order chi connectivity index (χ1) is 12.7. The van der Waals surface area contributed by atoms with Crippen LogP contribution < -0.4 is 0 Å². The van der Waals surface area contributed by atoms with Gasteiger partial charge in [-0.25, -0.2) is 9.97 Å². The maximum absolute atomic E-state index is 12.9. The maximum Gasteiger partial charge on any atom is 0.227 e. The van der Waals surface area contributed by atoms with Crippen LogP contribution >= 0.6 is 0 Å². The summed E-state index contributed by atoms with van der Waals surface area (Å²) in [5.41, 5.74) is 1.35. The molecular weight excluding hydrogens is 340 g/mol. The Morgan fingerprint density at radius 3 is 2.41 bits per heavy atom. The minimum atomic E-state index is -0.784. The van der Waals surface area contributed by atoms with Crippen molar-refractivity contribution >= 4 is 5.91 Å². The summed E-state index contributed by atoms with van der Waals surface area (Å²) in [6.07, 6.45) is 6.99. The highest BCUT2D eigenvalue weighted by atomic mass is 16.3. The second kappa shape index (κ2) is 9.04. The van der Waals surface area contributed by atoms with Crippen molar-refractivity contribution < 1.29 is 9.90 Å². The van der Waals surface area contributed by atoms with Crippen molar-refractivity contribution in [3.8, 4) is 0 Å². The minimum absolute atomic E-state index is 0.0422. The lowest BCUT2D eigenvalue weighted by atomic mass is 9.95. The van der Waals surface area contributed by atoms with Gasteiger partial charge in [0.05, 0.1) is 12.5 Å². The summed E-state index contributed by atoms with van der Waals surface area (Å²) in [5.74, 6) is 0.712. The Morgan fingerprint density at radius 1 is 1.22 bits per heavy atom. The van der Waals surface area contributed by atoms with Crippen molar-refractivity contribution in [1.29, 1.82) is 0 Å². The van der Waals surface area contributed by atoms with E-state index in [9.17, 15) is 9.90 Å². The molecule has 0 saturated heterocycles. The molecule has 146 valence electrons. The lowest BCUT2D eigenvalue weighted by Crippen LogP contribution is -2.43. The Hall–Kier alpha value is -2.34. The van der Waals surface area contributed by atoms with E-state index >= 15 is 0 Å². The molecule has 1 N–H and O–H groups in total. The Labute approximate surface area is 161 Å². The van der Waals surface area contributed by atoms with Crippen LogP contribution in [0.1, 0.15) is 64.1 Å². The van der Waals surface area contributed by atoms with Gasteiger partial charge in [-0.2, -0.15) is 0 Å². The molecule has 2 rings (SSSR count). The van der Waals surface area contributed by atoms with Crippen molar-refractivity contribution in [2.24, 2.45) is 0 Å². The molecular formula is C21H30N4O2. The standard InChI is InChI=1S/C21H30N4O2/c1-6-10-25(15(2)19(27)17-8-7-9-22-14-17)18(26)11-16-12-23-20(24-13-16)21(3,4)5/h7-9,12-15,19,27H,6,10-11H2,1-5H3/t15-,19?/m1/s1. The van der Waals surface area contributed by atoms with Crippen LogP contribution in [0.15, 0.2) is 36.9 Å². The second-order valence-corrected chi connectivity index (χ2v) is 7.90. The number of amides is 1. The van der Waals surface area contributed by atoms with Crippen LogP contribution in [0.2, 0.25) is 0 Å². The van der Waals surface area contributed by atoms with Crippen LogP contribution in [-0.2, 0) is 16.6 Å². The zero-order valence-corrected chi connectivity index (χ0v) is 16.9. The van der Waals surface area contributed by atoms with E-state index in [1.54, 1.807) is 35.8 Å². The molecule has 0 aliphatic carbocycles. The van der Waals surface area contributed by atoms with Gasteiger partial charge in [0.15, 0.2) is 0 Å². The number of carbonyl (C=O) groups is 1. The summed E-state index contributed by atoms with van der Waals surface area (Å²) in [6.45, 7) is 10.6. The summed E-state index contributed by atoms with van der Waals surface area (Å²) >= 11 is 0. The number of carbonyl (C=O) groups excluding carboxylic acids is 1. The minimum Gasteiger partial charge on any atom is -0.386 e. The number of nitrogens with zero attached hydrogens (tertiary/aromatic N) is 4. The topological polar surface area (TPSA) is 79.2 Å². The molecule has 0 aliphatic heterocycles. The van der Waals surface area contributed by atoms with Crippen molar-refractivity contribution in [2.45, 2.75) is 65.0 Å². The third-order valence-corrected chi connectivity index (χ3v) is 4.49. The number of rotatable bonds is 7. The van der Waals surface area contributed by atoms with Gasteiger partial charge < -0.3 is 10.0 Å². The largest absolute Gasteiger partial charge is 0.386 e. The SMILES string of the molecule is CCCN(C(=O)Cc1cnc(C(C)(C)C)nc1)[C@H](C)C(O)c1cccnc1. The zero-order valence-electron chi connectivity index (χ0n) is 16.9. The lowest BCUT2D eigenvalue weighted by molar-refractivity contribution is -0.135. The number of aliphatic hydroxyl groups excluding tert-OH is 1. The van der Waals surface area contributed by atoms with Gasteiger partial charge in [-0.15, -0.1) is 0 Å². The fourth-order valence-electron chi connectivity index (χ4n) is 2.91. The van der Waals surface area contributed by atoms with Gasteiger partial charge in [0.1, 0.15) is 11.9 Å². The molecule has 2 aromatic rings. The molecule has 0 saturated carbocycles. The first-order valence-corrected chi connectivity index (χ1v) is 9.43. The fraction of sp³-hybridized carbons (Fsp3) is 0.524. The molecule has 0 aromatic carbocycles. The highest BCUT2D eigenvalue weighted by Crippen LogP contribution is 2.22.